The van der Waals surface area contributed by atoms with Crippen LogP contribution in [0.4, 0.5) is 0 Å². The van der Waals surface area contributed by atoms with Gasteiger partial charge in [0, 0.05) is 6.42 Å². The summed E-state index contributed by atoms with van der Waals surface area (Å²) in [6, 6.07) is -0.895. The van der Waals surface area contributed by atoms with Crippen LogP contribution in [0.5, 0.6) is 0 Å². The first-order chi connectivity index (χ1) is 27.0. The van der Waals surface area contributed by atoms with Crippen molar-refractivity contribution in [2.75, 3.05) is 40.9 Å². The lowest BCUT2D eigenvalue weighted by Crippen LogP contribution is -2.45. The van der Waals surface area contributed by atoms with Crippen LogP contribution in [0.2, 0.25) is 0 Å². The van der Waals surface area contributed by atoms with Crippen molar-refractivity contribution in [3.63, 3.8) is 0 Å². The second-order valence-corrected chi connectivity index (χ2v) is 18.1. The summed E-state index contributed by atoms with van der Waals surface area (Å²) in [7, 11) is 1.24. The zero-order chi connectivity index (χ0) is 41.4. The van der Waals surface area contributed by atoms with Crippen LogP contribution >= 0.6 is 7.82 Å². The summed E-state index contributed by atoms with van der Waals surface area (Å²) < 4.78 is 23.2. The Morgan fingerprint density at radius 3 is 1.59 bits per heavy atom. The minimum atomic E-state index is -4.59. The van der Waals surface area contributed by atoms with Crippen molar-refractivity contribution in [3.8, 4) is 0 Å². The Kier molecular flexibility index (Phi) is 37.9. The fourth-order valence-corrected chi connectivity index (χ4v) is 7.12. The van der Waals surface area contributed by atoms with E-state index in [0.717, 1.165) is 77.0 Å². The van der Waals surface area contributed by atoms with Crippen molar-refractivity contribution in [2.45, 2.75) is 206 Å². The van der Waals surface area contributed by atoms with Crippen molar-refractivity contribution in [1.82, 2.24) is 5.32 Å². The largest absolute Gasteiger partial charge is 0.756 e. The van der Waals surface area contributed by atoms with Gasteiger partial charge in [-0.15, -0.1) is 0 Å². The van der Waals surface area contributed by atoms with E-state index in [4.69, 9.17) is 9.05 Å². The predicted molar refractivity (Wildman–Crippen MR) is 238 cm³/mol. The molecule has 0 rings (SSSR count). The van der Waals surface area contributed by atoms with E-state index in [9.17, 15) is 19.4 Å². The quantitative estimate of drug-likeness (QED) is 0.0276. The minimum Gasteiger partial charge on any atom is -0.756 e. The second kappa shape index (κ2) is 38.9. The lowest BCUT2D eigenvalue weighted by atomic mass is 10.0. The first-order valence-corrected chi connectivity index (χ1v) is 24.5. The zero-order valence-corrected chi connectivity index (χ0v) is 38.0. The molecule has 0 bridgehead atoms. The summed E-state index contributed by atoms with van der Waals surface area (Å²) in [5, 5.41) is 13.8. The van der Waals surface area contributed by atoms with Crippen LogP contribution in [0, 0.1) is 0 Å². The highest BCUT2D eigenvalue weighted by molar-refractivity contribution is 7.45. The number of amides is 1. The molecule has 0 aliphatic heterocycles. The molecule has 0 aliphatic carbocycles. The highest BCUT2D eigenvalue weighted by Gasteiger charge is 2.23. The van der Waals surface area contributed by atoms with Crippen LogP contribution in [-0.4, -0.2) is 68.5 Å². The third-order valence-corrected chi connectivity index (χ3v) is 11.0. The Hall–Kier alpha value is -1.54. The van der Waals surface area contributed by atoms with Gasteiger partial charge in [0.25, 0.3) is 7.82 Å². The standard InChI is InChI=1S/C47H89N2O6P/c1-6-8-10-12-14-16-18-20-22-23-24-25-27-28-30-32-34-36-38-40-46(50)45(44-55-56(52,53)54-43-42-49(3,4)5)48-47(51)41-39-37-35-33-31-29-26-21-19-17-15-13-11-9-7-2/h9,11,15,17,21,26,38,40,45-46,50H,6-8,10,12-14,16,18-20,22-25,27-37,39,41-44H2,1-5H3,(H-,48,51,52,53)/b11-9-,17-15-,26-21-,40-38+. The summed E-state index contributed by atoms with van der Waals surface area (Å²) in [5.74, 6) is -0.216. The molecule has 56 heavy (non-hydrogen) atoms. The van der Waals surface area contributed by atoms with Crippen LogP contribution < -0.4 is 10.2 Å². The molecule has 1 amide bonds. The van der Waals surface area contributed by atoms with Gasteiger partial charge in [-0.25, -0.2) is 0 Å². The van der Waals surface area contributed by atoms with Gasteiger partial charge in [0.15, 0.2) is 0 Å². The second-order valence-electron chi connectivity index (χ2n) is 16.7. The number of unbranched alkanes of at least 4 members (excludes halogenated alkanes) is 22. The van der Waals surface area contributed by atoms with Gasteiger partial charge in [-0.2, -0.15) is 0 Å². The molecule has 0 aromatic rings. The summed E-state index contributed by atoms with van der Waals surface area (Å²) >= 11 is 0. The predicted octanol–water partition coefficient (Wildman–Crippen LogP) is 12.2. The molecule has 328 valence electrons. The van der Waals surface area contributed by atoms with E-state index in [2.05, 4.69) is 55.6 Å². The van der Waals surface area contributed by atoms with Crippen molar-refractivity contribution in [3.05, 3.63) is 48.6 Å². The lowest BCUT2D eigenvalue weighted by Gasteiger charge is -2.29. The number of nitrogens with zero attached hydrogens (tertiary/aromatic N) is 1. The number of aliphatic hydroxyl groups excluding tert-OH is 1. The first-order valence-electron chi connectivity index (χ1n) is 23.0. The number of nitrogens with one attached hydrogen (secondary N) is 1. The topological polar surface area (TPSA) is 108 Å². The third-order valence-electron chi connectivity index (χ3n) is 10.0. The Morgan fingerprint density at radius 2 is 1.09 bits per heavy atom. The molecule has 0 fully saturated rings. The Labute approximate surface area is 346 Å². The SMILES string of the molecule is CC/C=C\C/C=C\C/C=C\CCCCCCCC(=O)NC(COP(=O)([O-])OCC[N+](C)(C)C)C(O)/C=C/CCCCCCCCCCCCCCCCCCC. The van der Waals surface area contributed by atoms with Crippen LogP contribution in [0.15, 0.2) is 48.6 Å². The van der Waals surface area contributed by atoms with Crippen LogP contribution in [0.1, 0.15) is 194 Å². The number of carbonyl (C=O) groups excluding carboxylic acids is 1. The molecule has 0 saturated carbocycles. The summed E-state index contributed by atoms with van der Waals surface area (Å²) in [6.07, 6.45) is 48.7. The summed E-state index contributed by atoms with van der Waals surface area (Å²) in [6.45, 7) is 4.52. The lowest BCUT2D eigenvalue weighted by molar-refractivity contribution is -0.870. The number of phosphoric ester groups is 1. The molecule has 0 spiro atoms. The van der Waals surface area contributed by atoms with E-state index in [-0.39, 0.29) is 19.1 Å². The van der Waals surface area contributed by atoms with Gasteiger partial charge < -0.3 is 28.8 Å². The molecular weight excluding hydrogens is 719 g/mol. The van der Waals surface area contributed by atoms with Crippen LogP contribution in [-0.2, 0) is 18.4 Å². The van der Waals surface area contributed by atoms with Gasteiger partial charge in [0.05, 0.1) is 39.9 Å². The van der Waals surface area contributed by atoms with Gasteiger partial charge in [0.1, 0.15) is 13.2 Å². The number of likely N-dealkylation sites (N-methyl/N-ethyl adjacent to an activating group) is 1. The summed E-state index contributed by atoms with van der Waals surface area (Å²) in [4.78, 5) is 25.3. The number of phosphoric acid groups is 1. The molecule has 0 heterocycles. The molecule has 0 aromatic carbocycles. The fourth-order valence-electron chi connectivity index (χ4n) is 6.40. The smallest absolute Gasteiger partial charge is 0.268 e. The number of quaternary nitrogens is 1. The van der Waals surface area contributed by atoms with Crippen molar-refractivity contribution >= 4 is 13.7 Å². The average molecular weight is 809 g/mol. The van der Waals surface area contributed by atoms with E-state index in [1.54, 1.807) is 6.08 Å². The molecule has 2 N–H and O–H groups in total. The molecule has 3 atom stereocenters. The number of hydrogen-bond acceptors (Lipinski definition) is 6. The van der Waals surface area contributed by atoms with Crippen molar-refractivity contribution in [2.24, 2.45) is 0 Å². The van der Waals surface area contributed by atoms with E-state index in [1.807, 2.05) is 27.2 Å². The molecule has 0 radical (unpaired) electrons. The van der Waals surface area contributed by atoms with E-state index in [1.165, 1.54) is 96.3 Å². The van der Waals surface area contributed by atoms with Crippen molar-refractivity contribution < 1.29 is 32.9 Å². The summed E-state index contributed by atoms with van der Waals surface area (Å²) in [5.41, 5.74) is 0. The number of aliphatic hydroxyl groups is 1. The van der Waals surface area contributed by atoms with Gasteiger partial charge >= 0.3 is 0 Å². The monoisotopic (exact) mass is 809 g/mol. The molecule has 9 heteroatoms. The molecular formula is C47H89N2O6P. The Balaban J connectivity index is 4.42. The van der Waals surface area contributed by atoms with Crippen LogP contribution in [0.25, 0.3) is 0 Å². The number of hydrogen-bond donors (Lipinski definition) is 2. The molecule has 3 unspecified atom stereocenters. The van der Waals surface area contributed by atoms with E-state index in [0.29, 0.717) is 17.4 Å². The third kappa shape index (κ3) is 40.6. The Bertz CT molecular complexity index is 1050. The highest BCUT2D eigenvalue weighted by atomic mass is 31.2. The first kappa shape index (κ1) is 54.5. The highest BCUT2D eigenvalue weighted by Crippen LogP contribution is 2.38. The molecule has 8 nitrogen and oxygen atoms in total. The van der Waals surface area contributed by atoms with Crippen LogP contribution in [0.3, 0.4) is 0 Å². The van der Waals surface area contributed by atoms with E-state index < -0.39 is 20.0 Å². The Morgan fingerprint density at radius 1 is 0.643 bits per heavy atom. The van der Waals surface area contributed by atoms with Gasteiger partial charge in [-0.3, -0.25) is 9.36 Å². The maximum atomic E-state index is 12.8. The maximum absolute atomic E-state index is 12.8. The zero-order valence-electron chi connectivity index (χ0n) is 37.1. The maximum Gasteiger partial charge on any atom is 0.268 e. The van der Waals surface area contributed by atoms with Gasteiger partial charge in [-0.1, -0.05) is 184 Å². The molecule has 0 aliphatic rings. The normalized spacial score (nSPS) is 14.8. The minimum absolute atomic E-state index is 0.00600. The number of rotatable bonds is 41. The van der Waals surface area contributed by atoms with Crippen molar-refractivity contribution in [1.29, 1.82) is 0 Å². The van der Waals surface area contributed by atoms with Gasteiger partial charge in [-0.05, 0) is 51.4 Å². The fraction of sp³-hybridized carbons (Fsp3) is 0.809. The average Bonchev–Trinajstić information content (AvgIpc) is 3.15. The molecule has 0 saturated heterocycles. The van der Waals surface area contributed by atoms with E-state index >= 15 is 0 Å². The molecule has 0 aromatic heterocycles. The number of carbonyl (C=O) groups is 1. The number of allylic oxidation sites excluding steroid dienone is 7. The van der Waals surface area contributed by atoms with Gasteiger partial charge in [0.2, 0.25) is 5.91 Å².